The van der Waals surface area contributed by atoms with E-state index in [0.29, 0.717) is 18.8 Å². The zero-order valence-electron chi connectivity index (χ0n) is 15.2. The summed E-state index contributed by atoms with van der Waals surface area (Å²) in [6, 6.07) is 14.8. The minimum Gasteiger partial charge on any atom is -0.508 e. The number of hydrogen-bond acceptors (Lipinski definition) is 4. The first-order valence-electron chi connectivity index (χ1n) is 8.49. The van der Waals surface area contributed by atoms with Crippen molar-refractivity contribution < 1.29 is 19.2 Å². The predicted molar refractivity (Wildman–Crippen MR) is 99.6 cm³/mol. The van der Waals surface area contributed by atoms with Crippen molar-refractivity contribution in [3.05, 3.63) is 59.7 Å². The van der Waals surface area contributed by atoms with Crippen LogP contribution < -0.4 is 15.4 Å². The van der Waals surface area contributed by atoms with Crippen molar-refractivity contribution in [3.8, 4) is 11.5 Å². The highest BCUT2D eigenvalue weighted by Gasteiger charge is 2.51. The Balaban J connectivity index is 1.99. The molecule has 0 spiro atoms. The number of amides is 1. The lowest BCUT2D eigenvalue weighted by Gasteiger charge is -2.26. The number of aromatic hydroxyl groups is 1. The van der Waals surface area contributed by atoms with Crippen LogP contribution in [0.3, 0.4) is 0 Å². The number of phenols is 1. The van der Waals surface area contributed by atoms with Gasteiger partial charge in [-0.15, -0.1) is 0 Å². The number of rotatable bonds is 5. The van der Waals surface area contributed by atoms with Crippen LogP contribution in [0.25, 0.3) is 0 Å². The molecular formula is C20H24N3O3+. The molecule has 6 nitrogen and oxygen atoms in total. The molecule has 2 aromatic carbocycles. The van der Waals surface area contributed by atoms with Gasteiger partial charge in [0.2, 0.25) is 0 Å². The van der Waals surface area contributed by atoms with E-state index in [2.05, 4.69) is 10.6 Å². The Morgan fingerprint density at radius 3 is 2.08 bits per heavy atom. The molecule has 0 radical (unpaired) electrons. The number of phenolic OH excluding ortho intramolecular Hbond substituents is 1. The SMILES string of the molecule is CNC1=[N+](C)C(Cc2ccc(O)cc2)(Cc2ccc(OC)cc2)C(=O)N1. The van der Waals surface area contributed by atoms with Gasteiger partial charge in [0, 0.05) is 12.8 Å². The second-order valence-corrected chi connectivity index (χ2v) is 6.51. The van der Waals surface area contributed by atoms with Gasteiger partial charge in [0.15, 0.2) is 5.54 Å². The van der Waals surface area contributed by atoms with Gasteiger partial charge in [-0.2, -0.15) is 0 Å². The van der Waals surface area contributed by atoms with Gasteiger partial charge in [-0.1, -0.05) is 24.3 Å². The highest BCUT2D eigenvalue weighted by molar-refractivity contribution is 6.03. The number of likely N-dealkylation sites (N-methyl/N-ethyl adjacent to an activating group) is 1. The average molecular weight is 354 g/mol. The zero-order chi connectivity index (χ0) is 18.7. The minimum atomic E-state index is -0.760. The van der Waals surface area contributed by atoms with Crippen LogP contribution in [0.2, 0.25) is 0 Å². The summed E-state index contributed by atoms with van der Waals surface area (Å²) in [6.07, 6.45) is 1.07. The molecule has 26 heavy (non-hydrogen) atoms. The summed E-state index contributed by atoms with van der Waals surface area (Å²) in [4.78, 5) is 13.0. The average Bonchev–Trinajstić information content (AvgIpc) is 2.88. The van der Waals surface area contributed by atoms with Gasteiger partial charge < -0.3 is 9.84 Å². The Kier molecular flexibility index (Phi) is 4.84. The highest BCUT2D eigenvalue weighted by atomic mass is 16.5. The smallest absolute Gasteiger partial charge is 0.353 e. The zero-order valence-corrected chi connectivity index (χ0v) is 15.2. The van der Waals surface area contributed by atoms with Gasteiger partial charge in [0.05, 0.1) is 21.2 Å². The molecule has 136 valence electrons. The number of methoxy groups -OCH3 is 1. The summed E-state index contributed by atoms with van der Waals surface area (Å²) in [5.74, 6) is 1.63. The Morgan fingerprint density at radius 1 is 1.08 bits per heavy atom. The monoisotopic (exact) mass is 354 g/mol. The molecule has 3 rings (SSSR count). The van der Waals surface area contributed by atoms with E-state index in [1.165, 1.54) is 0 Å². The maximum Gasteiger partial charge on any atom is 0.353 e. The third kappa shape index (κ3) is 3.22. The van der Waals surface area contributed by atoms with Crippen LogP contribution in [0.15, 0.2) is 48.5 Å². The van der Waals surface area contributed by atoms with E-state index in [1.807, 2.05) is 48.0 Å². The summed E-state index contributed by atoms with van der Waals surface area (Å²) in [7, 11) is 5.33. The molecule has 1 unspecified atom stereocenters. The summed E-state index contributed by atoms with van der Waals surface area (Å²) < 4.78 is 7.19. The molecule has 1 atom stereocenters. The first kappa shape index (κ1) is 17.8. The molecule has 2 aromatic rings. The van der Waals surface area contributed by atoms with Gasteiger partial charge >= 0.3 is 11.9 Å². The topological polar surface area (TPSA) is 73.6 Å². The molecule has 0 aliphatic carbocycles. The van der Waals surface area contributed by atoms with E-state index >= 15 is 0 Å². The molecule has 1 aliphatic rings. The first-order chi connectivity index (χ1) is 12.5. The number of benzene rings is 2. The van der Waals surface area contributed by atoms with Crippen LogP contribution in [-0.4, -0.2) is 48.3 Å². The molecule has 3 N–H and O–H groups in total. The van der Waals surface area contributed by atoms with E-state index in [0.717, 1.165) is 16.9 Å². The van der Waals surface area contributed by atoms with Gasteiger partial charge in [-0.05, 0) is 35.4 Å². The lowest BCUT2D eigenvalue weighted by molar-refractivity contribution is -0.562. The molecule has 1 heterocycles. The van der Waals surface area contributed by atoms with E-state index in [-0.39, 0.29) is 11.7 Å². The highest BCUT2D eigenvalue weighted by Crippen LogP contribution is 2.27. The molecule has 1 aliphatic heterocycles. The van der Waals surface area contributed by atoms with Crippen molar-refractivity contribution in [3.63, 3.8) is 0 Å². The van der Waals surface area contributed by atoms with Gasteiger partial charge in [0.25, 0.3) is 0 Å². The standard InChI is InChI=1S/C20H23N3O3/c1-21-19-22-18(25)20(23(19)2,12-14-4-8-16(24)9-5-14)13-15-6-10-17(26-3)11-7-15/h4-11H,12-13H2,1-3H3,(H2,21,22,24,25)/p+1. The third-order valence-electron chi connectivity index (χ3n) is 4.96. The van der Waals surface area contributed by atoms with Crippen molar-refractivity contribution >= 4 is 11.9 Å². The van der Waals surface area contributed by atoms with Crippen molar-refractivity contribution in [2.24, 2.45) is 0 Å². The number of carbonyl (C=O) groups excluding carboxylic acids is 1. The number of hydrogen-bond donors (Lipinski definition) is 3. The Hall–Kier alpha value is -3.02. The number of nitrogens with one attached hydrogen (secondary N) is 2. The fraction of sp³-hybridized carbons (Fsp3) is 0.300. The van der Waals surface area contributed by atoms with Crippen LogP contribution in [0.1, 0.15) is 11.1 Å². The fourth-order valence-corrected chi connectivity index (χ4v) is 3.40. The van der Waals surface area contributed by atoms with Gasteiger partial charge in [-0.3, -0.25) is 14.7 Å². The van der Waals surface area contributed by atoms with E-state index < -0.39 is 5.54 Å². The lowest BCUT2D eigenvalue weighted by atomic mass is 9.84. The van der Waals surface area contributed by atoms with Gasteiger partial charge in [0.1, 0.15) is 11.5 Å². The van der Waals surface area contributed by atoms with Crippen LogP contribution in [0, 0.1) is 0 Å². The van der Waals surface area contributed by atoms with Crippen LogP contribution >= 0.6 is 0 Å². The Labute approximate surface area is 153 Å². The van der Waals surface area contributed by atoms with Crippen molar-refractivity contribution in [2.75, 3.05) is 21.2 Å². The maximum absolute atomic E-state index is 13.0. The number of ether oxygens (including phenoxy) is 1. The fourth-order valence-electron chi connectivity index (χ4n) is 3.40. The largest absolute Gasteiger partial charge is 0.508 e. The molecule has 0 saturated heterocycles. The van der Waals surface area contributed by atoms with Crippen molar-refractivity contribution in [1.82, 2.24) is 10.6 Å². The molecule has 0 saturated carbocycles. The first-order valence-corrected chi connectivity index (χ1v) is 8.49. The van der Waals surface area contributed by atoms with Crippen LogP contribution in [0.4, 0.5) is 0 Å². The maximum atomic E-state index is 13.0. The van der Waals surface area contributed by atoms with Crippen LogP contribution in [-0.2, 0) is 17.6 Å². The Bertz CT molecular complexity index is 828. The lowest BCUT2D eigenvalue weighted by Crippen LogP contribution is -2.50. The predicted octanol–water partition coefficient (Wildman–Crippen LogP) is 1.27. The molecule has 1 amide bonds. The van der Waals surface area contributed by atoms with E-state index in [4.69, 9.17) is 4.74 Å². The molecular weight excluding hydrogens is 330 g/mol. The van der Waals surface area contributed by atoms with Crippen LogP contribution in [0.5, 0.6) is 11.5 Å². The molecule has 0 bridgehead atoms. The summed E-state index contributed by atoms with van der Waals surface area (Å²) in [5.41, 5.74) is 1.27. The second kappa shape index (κ2) is 7.07. The van der Waals surface area contributed by atoms with Gasteiger partial charge in [-0.25, -0.2) is 5.32 Å². The van der Waals surface area contributed by atoms with E-state index in [1.54, 1.807) is 26.3 Å². The molecule has 0 aromatic heterocycles. The quantitative estimate of drug-likeness (QED) is 0.707. The summed E-state index contributed by atoms with van der Waals surface area (Å²) in [6.45, 7) is 0. The molecule has 0 fully saturated rings. The van der Waals surface area contributed by atoms with Crippen molar-refractivity contribution in [1.29, 1.82) is 0 Å². The number of nitrogens with zero attached hydrogens (tertiary/aromatic N) is 1. The number of carbonyl (C=O) groups is 1. The number of guanidine groups is 1. The minimum absolute atomic E-state index is 0.0479. The van der Waals surface area contributed by atoms with E-state index in [9.17, 15) is 9.90 Å². The second-order valence-electron chi connectivity index (χ2n) is 6.51. The molecule has 6 heteroatoms. The normalized spacial score (nSPS) is 19.4. The summed E-state index contributed by atoms with van der Waals surface area (Å²) in [5, 5.41) is 15.5. The third-order valence-corrected chi connectivity index (χ3v) is 4.96. The Morgan fingerprint density at radius 2 is 1.62 bits per heavy atom. The summed E-state index contributed by atoms with van der Waals surface area (Å²) >= 11 is 0. The van der Waals surface area contributed by atoms with Crippen molar-refractivity contribution in [2.45, 2.75) is 18.4 Å².